The Labute approximate surface area is 94.5 Å². The predicted octanol–water partition coefficient (Wildman–Crippen LogP) is 2.05. The Balaban J connectivity index is 2.17. The zero-order chi connectivity index (χ0) is 11.7. The lowest BCUT2D eigenvalue weighted by Gasteiger charge is -2.00. The first-order valence-electron chi connectivity index (χ1n) is 5.38. The number of nitrogens with zero attached hydrogens (tertiary/aromatic N) is 4. The molecule has 0 unspecified atom stereocenters. The van der Waals surface area contributed by atoms with Gasteiger partial charge in [0.2, 0.25) is 5.89 Å². The molecule has 2 rings (SSSR count). The molecule has 86 valence electrons. The number of hydrogen-bond acceptors (Lipinski definition) is 4. The van der Waals surface area contributed by atoms with Crippen molar-refractivity contribution in [3.05, 3.63) is 29.4 Å². The van der Waals surface area contributed by atoms with Crippen molar-refractivity contribution in [3.63, 3.8) is 0 Å². The number of aromatic nitrogens is 4. The number of imidazole rings is 1. The monoisotopic (exact) mass is 220 g/mol. The normalized spacial score (nSPS) is 11.3. The number of hydrogen-bond donors (Lipinski definition) is 0. The fraction of sp³-hybridized carbons (Fsp3) is 0.545. The van der Waals surface area contributed by atoms with Gasteiger partial charge in [0.1, 0.15) is 6.54 Å². The molecule has 0 fully saturated rings. The van der Waals surface area contributed by atoms with Gasteiger partial charge >= 0.3 is 0 Å². The van der Waals surface area contributed by atoms with Gasteiger partial charge in [0.25, 0.3) is 0 Å². The van der Waals surface area contributed by atoms with E-state index in [0.717, 1.165) is 17.2 Å². The van der Waals surface area contributed by atoms with Crippen LogP contribution in [0.2, 0.25) is 0 Å². The van der Waals surface area contributed by atoms with E-state index in [9.17, 15) is 0 Å². The highest BCUT2D eigenvalue weighted by atomic mass is 16.5. The summed E-state index contributed by atoms with van der Waals surface area (Å²) >= 11 is 0. The van der Waals surface area contributed by atoms with Gasteiger partial charge in [-0.1, -0.05) is 19.0 Å². The fourth-order valence-electron chi connectivity index (χ4n) is 1.42. The van der Waals surface area contributed by atoms with Crippen molar-refractivity contribution in [2.75, 3.05) is 0 Å². The molecule has 0 bridgehead atoms. The van der Waals surface area contributed by atoms with E-state index in [-0.39, 0.29) is 0 Å². The van der Waals surface area contributed by atoms with Crippen molar-refractivity contribution in [2.45, 2.75) is 40.2 Å². The topological polar surface area (TPSA) is 56.7 Å². The summed E-state index contributed by atoms with van der Waals surface area (Å²) < 4.78 is 7.19. The van der Waals surface area contributed by atoms with Crippen LogP contribution >= 0.6 is 0 Å². The fourth-order valence-corrected chi connectivity index (χ4v) is 1.42. The highest BCUT2D eigenvalue weighted by molar-refractivity contribution is 5.09. The highest BCUT2D eigenvalue weighted by Gasteiger charge is 2.11. The number of rotatable bonds is 3. The van der Waals surface area contributed by atoms with Crippen LogP contribution in [-0.2, 0) is 6.54 Å². The molecule has 0 saturated carbocycles. The summed E-state index contributed by atoms with van der Waals surface area (Å²) in [6.07, 6.45) is 1.80. The summed E-state index contributed by atoms with van der Waals surface area (Å²) in [5, 5.41) is 3.93. The Bertz CT molecular complexity index is 484. The zero-order valence-corrected chi connectivity index (χ0v) is 10.1. The highest BCUT2D eigenvalue weighted by Crippen LogP contribution is 2.12. The van der Waals surface area contributed by atoms with Gasteiger partial charge in [-0.25, -0.2) is 4.98 Å². The molecule has 0 N–H and O–H groups in total. The first-order chi connectivity index (χ1) is 7.58. The van der Waals surface area contributed by atoms with Crippen molar-refractivity contribution in [2.24, 2.45) is 0 Å². The van der Waals surface area contributed by atoms with Crippen molar-refractivity contribution in [3.8, 4) is 0 Å². The molecule has 0 spiro atoms. The molecule has 5 nitrogen and oxygen atoms in total. The van der Waals surface area contributed by atoms with Gasteiger partial charge in [-0.2, -0.15) is 4.98 Å². The molecule has 16 heavy (non-hydrogen) atoms. The first-order valence-corrected chi connectivity index (χ1v) is 5.38. The van der Waals surface area contributed by atoms with Crippen LogP contribution in [-0.4, -0.2) is 19.7 Å². The van der Waals surface area contributed by atoms with Crippen LogP contribution in [0.15, 0.2) is 10.9 Å². The summed E-state index contributed by atoms with van der Waals surface area (Å²) in [6.45, 7) is 8.69. The van der Waals surface area contributed by atoms with Crippen LogP contribution in [0, 0.1) is 13.8 Å². The maximum atomic E-state index is 5.18. The summed E-state index contributed by atoms with van der Waals surface area (Å²) in [6, 6.07) is 0. The average Bonchev–Trinajstić information content (AvgIpc) is 2.81. The first kappa shape index (κ1) is 10.9. The van der Waals surface area contributed by atoms with E-state index >= 15 is 0 Å². The molecule has 5 heteroatoms. The van der Waals surface area contributed by atoms with Crippen molar-refractivity contribution in [1.29, 1.82) is 0 Å². The third-order valence-corrected chi connectivity index (χ3v) is 2.65. The second kappa shape index (κ2) is 4.08. The lowest BCUT2D eigenvalue weighted by molar-refractivity contribution is 0.363. The maximum absolute atomic E-state index is 5.18. The zero-order valence-electron chi connectivity index (χ0n) is 10.1. The summed E-state index contributed by atoms with van der Waals surface area (Å²) in [7, 11) is 0. The lowest BCUT2D eigenvalue weighted by Crippen LogP contribution is -2.01. The molecule has 2 heterocycles. The molecule has 0 aliphatic heterocycles. The minimum atomic E-state index is 0.295. The third-order valence-electron chi connectivity index (χ3n) is 2.65. The molecule has 2 aromatic heterocycles. The van der Waals surface area contributed by atoms with Crippen molar-refractivity contribution >= 4 is 0 Å². The van der Waals surface area contributed by atoms with E-state index in [2.05, 4.69) is 15.1 Å². The molecular formula is C11H16N4O. The van der Waals surface area contributed by atoms with Gasteiger partial charge < -0.3 is 9.09 Å². The van der Waals surface area contributed by atoms with Gasteiger partial charge in [0, 0.05) is 11.6 Å². The molecule has 0 aliphatic carbocycles. The Kier molecular flexibility index (Phi) is 2.77. The molecule has 0 atom stereocenters. The van der Waals surface area contributed by atoms with Gasteiger partial charge in [0.15, 0.2) is 5.82 Å². The van der Waals surface area contributed by atoms with E-state index in [1.807, 2.05) is 32.3 Å². The molecule has 0 amide bonds. The molecule has 0 saturated heterocycles. The Morgan fingerprint density at radius 1 is 1.38 bits per heavy atom. The lowest BCUT2D eigenvalue weighted by atomic mass is 10.2. The van der Waals surface area contributed by atoms with Crippen LogP contribution in [0.25, 0.3) is 0 Å². The van der Waals surface area contributed by atoms with Gasteiger partial charge in [-0.05, 0) is 13.8 Å². The largest absolute Gasteiger partial charge is 0.337 e. The Morgan fingerprint density at radius 3 is 2.62 bits per heavy atom. The molecule has 2 aromatic rings. The molecule has 0 radical (unpaired) electrons. The third kappa shape index (κ3) is 1.98. The average molecular weight is 220 g/mol. The van der Waals surface area contributed by atoms with Crippen molar-refractivity contribution < 1.29 is 4.52 Å². The quantitative estimate of drug-likeness (QED) is 0.794. The van der Waals surface area contributed by atoms with Crippen molar-refractivity contribution in [1.82, 2.24) is 19.7 Å². The summed E-state index contributed by atoms with van der Waals surface area (Å²) in [5.74, 6) is 1.68. The summed E-state index contributed by atoms with van der Waals surface area (Å²) in [4.78, 5) is 8.56. The maximum Gasteiger partial charge on any atom is 0.246 e. The van der Waals surface area contributed by atoms with Crippen LogP contribution in [0.3, 0.4) is 0 Å². The Morgan fingerprint density at radius 2 is 2.12 bits per heavy atom. The second-order valence-electron chi connectivity index (χ2n) is 4.24. The smallest absolute Gasteiger partial charge is 0.246 e. The van der Waals surface area contributed by atoms with E-state index in [4.69, 9.17) is 4.52 Å². The van der Waals surface area contributed by atoms with Crippen LogP contribution in [0.1, 0.15) is 42.9 Å². The van der Waals surface area contributed by atoms with Gasteiger partial charge in [0.05, 0.1) is 12.0 Å². The van der Waals surface area contributed by atoms with E-state index in [1.165, 1.54) is 0 Å². The standard InChI is InChI=1S/C11H16N4O/c1-7(2)11-13-10(16-14-11)5-15-6-12-8(3)9(15)4/h6-7H,5H2,1-4H3. The van der Waals surface area contributed by atoms with Crippen LogP contribution < -0.4 is 0 Å². The predicted molar refractivity (Wildman–Crippen MR) is 59.2 cm³/mol. The molecule has 0 aliphatic rings. The molecule has 0 aromatic carbocycles. The minimum absolute atomic E-state index is 0.295. The minimum Gasteiger partial charge on any atom is -0.337 e. The second-order valence-corrected chi connectivity index (χ2v) is 4.24. The molecular weight excluding hydrogens is 204 g/mol. The van der Waals surface area contributed by atoms with E-state index in [0.29, 0.717) is 18.4 Å². The summed E-state index contributed by atoms with van der Waals surface area (Å²) in [5.41, 5.74) is 2.16. The van der Waals surface area contributed by atoms with Gasteiger partial charge in [-0.15, -0.1) is 0 Å². The van der Waals surface area contributed by atoms with Gasteiger partial charge in [-0.3, -0.25) is 0 Å². The SMILES string of the molecule is Cc1ncn(Cc2nc(C(C)C)no2)c1C. The van der Waals surface area contributed by atoms with Crippen LogP contribution in [0.4, 0.5) is 0 Å². The number of aryl methyl sites for hydroxylation is 1. The van der Waals surface area contributed by atoms with E-state index < -0.39 is 0 Å². The van der Waals surface area contributed by atoms with Crippen LogP contribution in [0.5, 0.6) is 0 Å². The Hall–Kier alpha value is -1.65. The van der Waals surface area contributed by atoms with E-state index in [1.54, 1.807) is 6.33 Å².